The van der Waals surface area contributed by atoms with Crippen molar-refractivity contribution in [3.63, 3.8) is 0 Å². The number of hydrogen-bond donors (Lipinski definition) is 2. The fourth-order valence-electron chi connectivity index (χ4n) is 2.45. The highest BCUT2D eigenvalue weighted by molar-refractivity contribution is 7.98. The standard InChI is InChI=1S/C15H21N3O2S/c1-12(19)18-8-6-17(7-9-18)11-15(20)16-13-4-3-5-14(10-13)21-2/h3-5,10H,6-9,11H2,1-2H3,(H,16,20)/p+1. The van der Waals surface area contributed by atoms with Gasteiger partial charge in [-0.05, 0) is 24.5 Å². The lowest BCUT2D eigenvalue weighted by Gasteiger charge is -2.31. The molecule has 6 heteroatoms. The van der Waals surface area contributed by atoms with E-state index in [1.807, 2.05) is 35.4 Å². The number of carbonyl (C=O) groups excluding carboxylic acids is 2. The van der Waals surface area contributed by atoms with Crippen LogP contribution in [0.1, 0.15) is 6.92 Å². The molecule has 1 fully saturated rings. The maximum atomic E-state index is 12.1. The second kappa shape index (κ2) is 7.47. The van der Waals surface area contributed by atoms with Gasteiger partial charge in [-0.3, -0.25) is 9.59 Å². The average Bonchev–Trinajstić information content (AvgIpc) is 2.47. The third kappa shape index (κ3) is 4.75. The lowest BCUT2D eigenvalue weighted by atomic mass is 10.3. The van der Waals surface area contributed by atoms with Crippen LogP contribution < -0.4 is 10.2 Å². The van der Waals surface area contributed by atoms with Crippen molar-refractivity contribution >= 4 is 29.3 Å². The van der Waals surface area contributed by atoms with Crippen molar-refractivity contribution in [2.75, 3.05) is 44.3 Å². The fourth-order valence-corrected chi connectivity index (χ4v) is 2.91. The van der Waals surface area contributed by atoms with Crippen molar-refractivity contribution in [3.8, 4) is 0 Å². The first-order chi connectivity index (χ1) is 10.1. The Morgan fingerprint density at radius 3 is 2.67 bits per heavy atom. The number of thioether (sulfide) groups is 1. The predicted octanol–water partition coefficient (Wildman–Crippen LogP) is 0.0940. The van der Waals surface area contributed by atoms with Crippen molar-refractivity contribution < 1.29 is 14.5 Å². The number of anilines is 1. The highest BCUT2D eigenvalue weighted by atomic mass is 32.2. The van der Waals surface area contributed by atoms with E-state index < -0.39 is 0 Å². The highest BCUT2D eigenvalue weighted by Gasteiger charge is 2.23. The summed E-state index contributed by atoms with van der Waals surface area (Å²) in [6.45, 7) is 5.18. The highest BCUT2D eigenvalue weighted by Crippen LogP contribution is 2.18. The lowest BCUT2D eigenvalue weighted by Crippen LogP contribution is -3.15. The van der Waals surface area contributed by atoms with E-state index in [0.29, 0.717) is 6.54 Å². The van der Waals surface area contributed by atoms with Gasteiger partial charge in [-0.2, -0.15) is 0 Å². The molecule has 1 heterocycles. The quantitative estimate of drug-likeness (QED) is 0.776. The molecule has 0 spiro atoms. The summed E-state index contributed by atoms with van der Waals surface area (Å²) in [5, 5.41) is 2.94. The first kappa shape index (κ1) is 15.9. The van der Waals surface area contributed by atoms with Crippen LogP contribution in [-0.4, -0.2) is 55.7 Å². The van der Waals surface area contributed by atoms with Crippen molar-refractivity contribution in [1.82, 2.24) is 4.90 Å². The second-order valence-corrected chi connectivity index (χ2v) is 6.09. The molecule has 0 aliphatic carbocycles. The van der Waals surface area contributed by atoms with Crippen LogP contribution in [0.15, 0.2) is 29.2 Å². The molecule has 2 amide bonds. The van der Waals surface area contributed by atoms with Crippen molar-refractivity contribution in [2.24, 2.45) is 0 Å². The molecule has 1 aliphatic rings. The van der Waals surface area contributed by atoms with Crippen LogP contribution in [0.4, 0.5) is 5.69 Å². The molecule has 0 aromatic heterocycles. The number of amides is 2. The lowest BCUT2D eigenvalue weighted by molar-refractivity contribution is -0.895. The summed E-state index contributed by atoms with van der Waals surface area (Å²) >= 11 is 1.65. The Bertz CT molecular complexity index is 513. The Hall–Kier alpha value is -1.53. The van der Waals surface area contributed by atoms with Crippen LogP contribution in [0.2, 0.25) is 0 Å². The number of benzene rings is 1. The summed E-state index contributed by atoms with van der Waals surface area (Å²) in [6.07, 6.45) is 2.01. The predicted molar refractivity (Wildman–Crippen MR) is 84.7 cm³/mol. The molecule has 1 aromatic rings. The topological polar surface area (TPSA) is 53.9 Å². The summed E-state index contributed by atoms with van der Waals surface area (Å²) in [7, 11) is 0. The summed E-state index contributed by atoms with van der Waals surface area (Å²) in [4.78, 5) is 27.5. The zero-order valence-corrected chi connectivity index (χ0v) is 13.3. The Kier molecular flexibility index (Phi) is 5.64. The summed E-state index contributed by atoms with van der Waals surface area (Å²) in [5.74, 6) is 0.145. The molecule has 0 unspecified atom stereocenters. The number of piperazine rings is 1. The van der Waals surface area contributed by atoms with Gasteiger partial charge in [0.2, 0.25) is 5.91 Å². The third-order valence-corrected chi connectivity index (χ3v) is 4.41. The zero-order chi connectivity index (χ0) is 15.2. The minimum absolute atomic E-state index is 0.0273. The van der Waals surface area contributed by atoms with Gasteiger partial charge in [0.15, 0.2) is 6.54 Å². The summed E-state index contributed by atoms with van der Waals surface area (Å²) in [5.41, 5.74) is 0.841. The zero-order valence-electron chi connectivity index (χ0n) is 12.5. The van der Waals surface area contributed by atoms with Gasteiger partial charge in [0.1, 0.15) is 0 Å². The minimum Gasteiger partial charge on any atom is -0.332 e. The molecule has 21 heavy (non-hydrogen) atoms. The van der Waals surface area contributed by atoms with Gasteiger partial charge < -0.3 is 15.1 Å². The van der Waals surface area contributed by atoms with E-state index in [2.05, 4.69) is 5.32 Å². The van der Waals surface area contributed by atoms with Crippen LogP contribution in [0, 0.1) is 0 Å². The van der Waals surface area contributed by atoms with E-state index in [0.717, 1.165) is 36.8 Å². The number of quaternary nitrogens is 1. The molecular weight excluding hydrogens is 286 g/mol. The van der Waals surface area contributed by atoms with Crippen LogP contribution >= 0.6 is 11.8 Å². The van der Waals surface area contributed by atoms with Gasteiger partial charge in [-0.1, -0.05) is 6.07 Å². The molecule has 114 valence electrons. The smallest absolute Gasteiger partial charge is 0.279 e. The van der Waals surface area contributed by atoms with E-state index in [-0.39, 0.29) is 11.8 Å². The van der Waals surface area contributed by atoms with E-state index in [1.165, 1.54) is 4.90 Å². The van der Waals surface area contributed by atoms with E-state index in [1.54, 1.807) is 18.7 Å². The Morgan fingerprint density at radius 2 is 2.05 bits per heavy atom. The Balaban J connectivity index is 1.81. The number of hydrogen-bond acceptors (Lipinski definition) is 3. The average molecular weight is 308 g/mol. The molecule has 0 saturated carbocycles. The molecule has 1 aliphatic heterocycles. The first-order valence-electron chi connectivity index (χ1n) is 7.11. The molecule has 0 atom stereocenters. The monoisotopic (exact) mass is 308 g/mol. The number of nitrogens with zero attached hydrogens (tertiary/aromatic N) is 1. The van der Waals surface area contributed by atoms with E-state index in [9.17, 15) is 9.59 Å². The normalized spacial score (nSPS) is 15.8. The van der Waals surface area contributed by atoms with Gasteiger partial charge in [0.25, 0.3) is 5.91 Å². The van der Waals surface area contributed by atoms with E-state index >= 15 is 0 Å². The molecule has 2 N–H and O–H groups in total. The fraction of sp³-hybridized carbons (Fsp3) is 0.467. The van der Waals surface area contributed by atoms with Crippen LogP contribution in [0.25, 0.3) is 0 Å². The van der Waals surface area contributed by atoms with Gasteiger partial charge in [-0.15, -0.1) is 11.8 Å². The van der Waals surface area contributed by atoms with Crippen molar-refractivity contribution in [2.45, 2.75) is 11.8 Å². The second-order valence-electron chi connectivity index (χ2n) is 5.21. The molecule has 5 nitrogen and oxygen atoms in total. The van der Waals surface area contributed by atoms with Gasteiger partial charge in [-0.25, -0.2) is 0 Å². The van der Waals surface area contributed by atoms with Crippen molar-refractivity contribution in [1.29, 1.82) is 0 Å². The molecule has 1 aromatic carbocycles. The largest absolute Gasteiger partial charge is 0.332 e. The Labute approximate surface area is 129 Å². The molecule has 0 radical (unpaired) electrons. The van der Waals surface area contributed by atoms with Crippen LogP contribution in [0.3, 0.4) is 0 Å². The summed E-state index contributed by atoms with van der Waals surface area (Å²) in [6, 6.07) is 7.85. The number of nitrogens with one attached hydrogen (secondary N) is 2. The Morgan fingerprint density at radius 1 is 1.33 bits per heavy atom. The van der Waals surface area contributed by atoms with Crippen LogP contribution in [0.5, 0.6) is 0 Å². The first-order valence-corrected chi connectivity index (χ1v) is 8.34. The van der Waals surface area contributed by atoms with Crippen molar-refractivity contribution in [3.05, 3.63) is 24.3 Å². The number of rotatable bonds is 4. The number of carbonyl (C=O) groups is 2. The molecule has 0 bridgehead atoms. The molecule has 2 rings (SSSR count). The summed E-state index contributed by atoms with van der Waals surface area (Å²) < 4.78 is 0. The van der Waals surface area contributed by atoms with Crippen LogP contribution in [-0.2, 0) is 9.59 Å². The maximum absolute atomic E-state index is 12.1. The maximum Gasteiger partial charge on any atom is 0.279 e. The van der Waals surface area contributed by atoms with Gasteiger partial charge in [0, 0.05) is 17.5 Å². The van der Waals surface area contributed by atoms with Gasteiger partial charge in [0.05, 0.1) is 26.2 Å². The molecule has 1 saturated heterocycles. The van der Waals surface area contributed by atoms with Gasteiger partial charge >= 0.3 is 0 Å². The minimum atomic E-state index is 0.0273. The SMILES string of the molecule is CSc1cccc(NC(=O)C[NH+]2CCN(C(C)=O)CC2)c1. The molecular formula is C15H22N3O2S+. The van der Waals surface area contributed by atoms with E-state index in [4.69, 9.17) is 0 Å². The third-order valence-electron chi connectivity index (χ3n) is 3.68.